The Morgan fingerprint density at radius 1 is 1.41 bits per heavy atom. The van der Waals surface area contributed by atoms with Gasteiger partial charge in [0, 0.05) is 44.6 Å². The van der Waals surface area contributed by atoms with Crippen molar-refractivity contribution in [2.24, 2.45) is 5.73 Å². The van der Waals surface area contributed by atoms with Crippen LogP contribution in [0.5, 0.6) is 0 Å². The van der Waals surface area contributed by atoms with Crippen molar-refractivity contribution >= 4 is 17.8 Å². The highest BCUT2D eigenvalue weighted by Gasteiger charge is 2.39. The number of carbonyl (C=O) groups is 3. The first-order valence-corrected chi connectivity index (χ1v) is 9.71. The van der Waals surface area contributed by atoms with Crippen molar-refractivity contribution in [3.63, 3.8) is 0 Å². The van der Waals surface area contributed by atoms with Gasteiger partial charge in [-0.25, -0.2) is 4.79 Å². The molecule has 1 fully saturated rings. The van der Waals surface area contributed by atoms with Crippen LogP contribution in [0, 0.1) is 0 Å². The fourth-order valence-electron chi connectivity index (χ4n) is 4.09. The third kappa shape index (κ3) is 5.29. The Bertz CT molecular complexity index is 607. The fourth-order valence-corrected chi connectivity index (χ4v) is 4.09. The maximum Gasteiger partial charge on any atom is 0.331 e. The minimum atomic E-state index is -0.972. The molecule has 8 nitrogen and oxygen atoms in total. The van der Waals surface area contributed by atoms with Crippen LogP contribution < -0.4 is 11.1 Å². The molecule has 152 valence electrons. The van der Waals surface area contributed by atoms with E-state index in [2.05, 4.69) is 10.2 Å². The highest BCUT2D eigenvalue weighted by molar-refractivity contribution is 5.87. The van der Waals surface area contributed by atoms with Crippen LogP contribution in [0.3, 0.4) is 0 Å². The van der Waals surface area contributed by atoms with Crippen LogP contribution in [0.4, 0.5) is 0 Å². The maximum atomic E-state index is 12.3. The van der Waals surface area contributed by atoms with Gasteiger partial charge in [-0.2, -0.15) is 0 Å². The number of amides is 2. The van der Waals surface area contributed by atoms with Crippen molar-refractivity contribution < 1.29 is 19.5 Å². The number of piperidine rings is 1. The third-order valence-corrected chi connectivity index (χ3v) is 5.56. The van der Waals surface area contributed by atoms with Crippen LogP contribution in [0.25, 0.3) is 0 Å². The molecule has 0 unspecified atom stereocenters. The summed E-state index contributed by atoms with van der Waals surface area (Å²) in [6, 6.07) is -1.02. The Balaban J connectivity index is 2.22. The van der Waals surface area contributed by atoms with E-state index in [9.17, 15) is 19.5 Å². The van der Waals surface area contributed by atoms with E-state index >= 15 is 0 Å². The van der Waals surface area contributed by atoms with E-state index in [0.29, 0.717) is 13.0 Å². The normalized spacial score (nSPS) is 29.0. The number of nitrogens with one attached hydrogen (secondary N) is 1. The zero-order chi connectivity index (χ0) is 20.1. The summed E-state index contributed by atoms with van der Waals surface area (Å²) in [5.41, 5.74) is 6.51. The lowest BCUT2D eigenvalue weighted by atomic mass is 9.85. The number of nitrogens with two attached hydrogens (primary N) is 1. The Labute approximate surface area is 160 Å². The zero-order valence-electron chi connectivity index (χ0n) is 16.5. The molecule has 4 atom stereocenters. The number of rotatable bonds is 6. The standard InChI is InChI=1S/C19H32N4O4/c1-4-6-17(25)22(3)14-7-5-8-23(11-14)16-10-13(19(26)27)9-15(20)18(16)21-12(2)24/h10,14-16,18H,4-9,11,20H2,1-3H3,(H,21,24)(H,26,27)/t14-,15+,16-,18-/m1/s1. The van der Waals surface area contributed by atoms with Crippen molar-refractivity contribution in [3.05, 3.63) is 11.6 Å². The zero-order valence-corrected chi connectivity index (χ0v) is 16.5. The molecule has 1 aliphatic heterocycles. The van der Waals surface area contributed by atoms with E-state index in [-0.39, 0.29) is 41.9 Å². The molecule has 0 aromatic carbocycles. The highest BCUT2D eigenvalue weighted by atomic mass is 16.4. The summed E-state index contributed by atoms with van der Waals surface area (Å²) in [7, 11) is 1.84. The van der Waals surface area contributed by atoms with Crippen LogP contribution in [0.2, 0.25) is 0 Å². The third-order valence-electron chi connectivity index (χ3n) is 5.56. The average Bonchev–Trinajstić information content (AvgIpc) is 2.62. The summed E-state index contributed by atoms with van der Waals surface area (Å²) in [5.74, 6) is -1.03. The smallest absolute Gasteiger partial charge is 0.331 e. The van der Waals surface area contributed by atoms with Gasteiger partial charge >= 0.3 is 5.97 Å². The SMILES string of the molecule is CCCC(=O)N(C)[C@@H]1CCCN([C@@H]2C=C(C(=O)O)C[C@H](N)[C@H]2NC(C)=O)C1. The maximum absolute atomic E-state index is 12.3. The molecule has 0 spiro atoms. The predicted octanol–water partition coefficient (Wildman–Crippen LogP) is 0.325. The Hall–Kier alpha value is -1.93. The number of carboxylic acids is 1. The summed E-state index contributed by atoms with van der Waals surface area (Å²) >= 11 is 0. The molecule has 0 aromatic rings. The molecular weight excluding hydrogens is 348 g/mol. The molecule has 8 heteroatoms. The van der Waals surface area contributed by atoms with Gasteiger partial charge in [-0.05, 0) is 32.2 Å². The van der Waals surface area contributed by atoms with Crippen molar-refractivity contribution in [2.75, 3.05) is 20.1 Å². The van der Waals surface area contributed by atoms with Crippen LogP contribution >= 0.6 is 0 Å². The molecule has 1 saturated heterocycles. The Kier molecular flexibility index (Phi) is 7.38. The summed E-state index contributed by atoms with van der Waals surface area (Å²) < 4.78 is 0. The molecule has 2 rings (SSSR count). The first-order chi connectivity index (χ1) is 12.7. The minimum Gasteiger partial charge on any atom is -0.478 e. The monoisotopic (exact) mass is 380 g/mol. The second kappa shape index (κ2) is 9.32. The van der Waals surface area contributed by atoms with Gasteiger partial charge in [0.15, 0.2) is 0 Å². The first kappa shape index (κ1) is 21.4. The van der Waals surface area contributed by atoms with Crippen molar-refractivity contribution in [3.8, 4) is 0 Å². The number of hydrogen-bond donors (Lipinski definition) is 3. The number of likely N-dealkylation sites (N-methyl/N-ethyl adjacent to an activating group) is 1. The summed E-state index contributed by atoms with van der Waals surface area (Å²) in [5, 5.41) is 12.3. The van der Waals surface area contributed by atoms with Gasteiger partial charge in [-0.15, -0.1) is 0 Å². The number of nitrogens with zero attached hydrogens (tertiary/aromatic N) is 2. The number of aliphatic carboxylic acids is 1. The van der Waals surface area contributed by atoms with E-state index in [4.69, 9.17) is 5.73 Å². The van der Waals surface area contributed by atoms with Crippen LogP contribution in [-0.2, 0) is 14.4 Å². The molecule has 1 aliphatic carbocycles. The molecular formula is C19H32N4O4. The van der Waals surface area contributed by atoms with Crippen molar-refractivity contribution in [2.45, 2.75) is 70.1 Å². The summed E-state index contributed by atoms with van der Waals surface area (Å²) in [6.07, 6.45) is 5.11. The topological polar surface area (TPSA) is 116 Å². The molecule has 0 radical (unpaired) electrons. The molecule has 1 heterocycles. The van der Waals surface area contributed by atoms with Gasteiger partial charge in [0.25, 0.3) is 0 Å². The van der Waals surface area contributed by atoms with E-state index in [1.165, 1.54) is 6.92 Å². The van der Waals surface area contributed by atoms with Gasteiger partial charge in [0.2, 0.25) is 11.8 Å². The number of carbonyl (C=O) groups excluding carboxylic acids is 2. The Morgan fingerprint density at radius 2 is 2.11 bits per heavy atom. The summed E-state index contributed by atoms with van der Waals surface area (Å²) in [4.78, 5) is 39.4. The van der Waals surface area contributed by atoms with Crippen LogP contribution in [-0.4, -0.2) is 77.0 Å². The van der Waals surface area contributed by atoms with Crippen LogP contribution in [0.1, 0.15) is 46.0 Å². The lowest BCUT2D eigenvalue weighted by Gasteiger charge is -2.45. The second-order valence-corrected chi connectivity index (χ2v) is 7.63. The molecule has 4 N–H and O–H groups in total. The second-order valence-electron chi connectivity index (χ2n) is 7.63. The molecule has 2 aliphatic rings. The van der Waals surface area contributed by atoms with Gasteiger partial charge in [0.1, 0.15) is 0 Å². The molecule has 0 aromatic heterocycles. The molecule has 27 heavy (non-hydrogen) atoms. The van der Waals surface area contributed by atoms with Gasteiger partial charge < -0.3 is 21.1 Å². The number of hydrogen-bond acceptors (Lipinski definition) is 5. The predicted molar refractivity (Wildman–Crippen MR) is 102 cm³/mol. The van der Waals surface area contributed by atoms with Crippen molar-refractivity contribution in [1.29, 1.82) is 0 Å². The molecule has 0 saturated carbocycles. The first-order valence-electron chi connectivity index (χ1n) is 9.71. The van der Waals surface area contributed by atoms with E-state index in [0.717, 1.165) is 25.8 Å². The van der Waals surface area contributed by atoms with E-state index in [1.54, 1.807) is 6.08 Å². The van der Waals surface area contributed by atoms with Crippen molar-refractivity contribution in [1.82, 2.24) is 15.1 Å². The lowest BCUT2D eigenvalue weighted by Crippen LogP contribution is -2.63. The van der Waals surface area contributed by atoms with Gasteiger partial charge in [-0.1, -0.05) is 13.0 Å². The Morgan fingerprint density at radius 3 is 2.70 bits per heavy atom. The van der Waals surface area contributed by atoms with Gasteiger partial charge in [0.05, 0.1) is 12.1 Å². The quantitative estimate of drug-likeness (QED) is 0.611. The van der Waals surface area contributed by atoms with Gasteiger partial charge in [-0.3, -0.25) is 14.5 Å². The summed E-state index contributed by atoms with van der Waals surface area (Å²) in [6.45, 7) is 4.85. The van der Waals surface area contributed by atoms with Crippen LogP contribution in [0.15, 0.2) is 11.6 Å². The van der Waals surface area contributed by atoms with E-state index < -0.39 is 12.0 Å². The lowest BCUT2D eigenvalue weighted by molar-refractivity contribution is -0.133. The van der Waals surface area contributed by atoms with E-state index in [1.807, 2.05) is 18.9 Å². The molecule has 2 amide bonds. The number of likely N-dealkylation sites (tertiary alicyclic amines) is 1. The average molecular weight is 380 g/mol. The highest BCUT2D eigenvalue weighted by Crippen LogP contribution is 2.26. The molecule has 0 bridgehead atoms. The fraction of sp³-hybridized carbons (Fsp3) is 0.737. The number of carboxylic acid groups (broad SMARTS) is 1. The largest absolute Gasteiger partial charge is 0.478 e. The minimum absolute atomic E-state index is 0.0793.